The highest BCUT2D eigenvalue weighted by molar-refractivity contribution is 5.47. The van der Waals surface area contributed by atoms with Gasteiger partial charge in [0, 0.05) is 0 Å². The maximum atomic E-state index is 8.57. The van der Waals surface area contributed by atoms with E-state index in [0.717, 1.165) is 5.69 Å². The molecule has 0 radical (unpaired) electrons. The van der Waals surface area contributed by atoms with Crippen LogP contribution in [0.2, 0.25) is 0 Å². The zero-order chi connectivity index (χ0) is 14.9. The summed E-state index contributed by atoms with van der Waals surface area (Å²) in [4.78, 5) is 0. The molecule has 0 saturated carbocycles. The van der Waals surface area contributed by atoms with E-state index in [-0.39, 0.29) is 0 Å². The lowest BCUT2D eigenvalue weighted by Gasteiger charge is -1.95. The van der Waals surface area contributed by atoms with Gasteiger partial charge in [-0.1, -0.05) is 18.2 Å². The van der Waals surface area contributed by atoms with Crippen molar-refractivity contribution in [3.8, 4) is 12.1 Å². The SMILES string of the molecule is N#CC(C#N)N=Nc1ccc(N=Nc2ccccc2)cc1. The van der Waals surface area contributed by atoms with Crippen molar-refractivity contribution in [1.82, 2.24) is 0 Å². The molecule has 0 fully saturated rings. The monoisotopic (exact) mass is 274 g/mol. The molecule has 6 heteroatoms. The average molecular weight is 274 g/mol. The van der Waals surface area contributed by atoms with E-state index < -0.39 is 6.04 Å². The highest BCUT2D eigenvalue weighted by atomic mass is 15.1. The van der Waals surface area contributed by atoms with Crippen LogP contribution in [0.5, 0.6) is 0 Å². The Kier molecular flexibility index (Phi) is 4.86. The molecule has 21 heavy (non-hydrogen) atoms. The van der Waals surface area contributed by atoms with Crippen molar-refractivity contribution in [1.29, 1.82) is 10.5 Å². The molecule has 0 heterocycles. The molecule has 2 rings (SSSR count). The van der Waals surface area contributed by atoms with Crippen LogP contribution >= 0.6 is 0 Å². The summed E-state index contributed by atoms with van der Waals surface area (Å²) in [5, 5.41) is 32.7. The Balaban J connectivity index is 2.05. The Labute approximate surface area is 121 Å². The van der Waals surface area contributed by atoms with Crippen molar-refractivity contribution in [2.45, 2.75) is 6.04 Å². The van der Waals surface area contributed by atoms with Crippen LogP contribution in [-0.2, 0) is 0 Å². The molecule has 0 unspecified atom stereocenters. The van der Waals surface area contributed by atoms with Gasteiger partial charge in [-0.25, -0.2) is 0 Å². The fourth-order valence-corrected chi connectivity index (χ4v) is 1.40. The van der Waals surface area contributed by atoms with Gasteiger partial charge in [-0.3, -0.25) is 0 Å². The lowest BCUT2D eigenvalue weighted by atomic mass is 10.3. The predicted molar refractivity (Wildman–Crippen MR) is 76.6 cm³/mol. The zero-order valence-electron chi connectivity index (χ0n) is 11.0. The summed E-state index contributed by atoms with van der Waals surface area (Å²) in [5.74, 6) is 0. The van der Waals surface area contributed by atoms with Gasteiger partial charge in [-0.15, -0.1) is 0 Å². The first-order valence-electron chi connectivity index (χ1n) is 6.09. The third-order valence-corrected chi connectivity index (χ3v) is 2.42. The molecule has 0 atom stereocenters. The van der Waals surface area contributed by atoms with Crippen molar-refractivity contribution < 1.29 is 0 Å². The van der Waals surface area contributed by atoms with E-state index >= 15 is 0 Å². The smallest absolute Gasteiger partial charge is 0.195 e. The molecule has 0 saturated heterocycles. The Morgan fingerprint density at radius 2 is 1.14 bits per heavy atom. The summed E-state index contributed by atoms with van der Waals surface area (Å²) in [7, 11) is 0. The van der Waals surface area contributed by atoms with E-state index in [1.807, 2.05) is 30.3 Å². The summed E-state index contributed by atoms with van der Waals surface area (Å²) < 4.78 is 0. The molecule has 0 aliphatic rings. The number of nitriles is 2. The van der Waals surface area contributed by atoms with Crippen LogP contribution in [0.15, 0.2) is 75.1 Å². The minimum atomic E-state index is -1.08. The first-order chi connectivity index (χ1) is 10.3. The standard InChI is InChI=1S/C15H10N6/c16-10-15(11-17)21-20-14-8-6-13(7-9-14)19-18-12-4-2-1-3-5-12/h1-9,15H. The third kappa shape index (κ3) is 4.34. The maximum absolute atomic E-state index is 8.57. The van der Waals surface area contributed by atoms with Crippen molar-refractivity contribution >= 4 is 17.1 Å². The normalized spacial score (nSPS) is 10.8. The third-order valence-electron chi connectivity index (χ3n) is 2.42. The summed E-state index contributed by atoms with van der Waals surface area (Å²) in [6.45, 7) is 0. The number of hydrogen-bond acceptors (Lipinski definition) is 6. The van der Waals surface area contributed by atoms with Gasteiger partial charge in [-0.05, 0) is 36.4 Å². The number of hydrogen-bond donors (Lipinski definition) is 0. The predicted octanol–water partition coefficient (Wildman–Crippen LogP) is 4.60. The number of benzene rings is 2. The van der Waals surface area contributed by atoms with Crippen LogP contribution in [0.25, 0.3) is 0 Å². The van der Waals surface area contributed by atoms with Gasteiger partial charge in [-0.2, -0.15) is 31.0 Å². The highest BCUT2D eigenvalue weighted by Crippen LogP contribution is 2.21. The van der Waals surface area contributed by atoms with E-state index in [2.05, 4.69) is 20.5 Å². The minimum absolute atomic E-state index is 0.546. The van der Waals surface area contributed by atoms with Crippen molar-refractivity contribution in [2.24, 2.45) is 20.5 Å². The molecule has 0 N–H and O–H groups in total. The van der Waals surface area contributed by atoms with Crippen molar-refractivity contribution in [2.75, 3.05) is 0 Å². The van der Waals surface area contributed by atoms with Gasteiger partial charge < -0.3 is 0 Å². The summed E-state index contributed by atoms with van der Waals surface area (Å²) >= 11 is 0. The van der Waals surface area contributed by atoms with Crippen LogP contribution in [-0.4, -0.2) is 6.04 Å². The first-order valence-corrected chi connectivity index (χ1v) is 6.09. The summed E-state index contributed by atoms with van der Waals surface area (Å²) in [5.41, 5.74) is 1.99. The fraction of sp³-hybridized carbons (Fsp3) is 0.0667. The van der Waals surface area contributed by atoms with Crippen LogP contribution in [0.1, 0.15) is 0 Å². The van der Waals surface area contributed by atoms with Crippen LogP contribution in [0, 0.1) is 22.7 Å². The van der Waals surface area contributed by atoms with Gasteiger partial charge in [0.05, 0.1) is 17.1 Å². The van der Waals surface area contributed by atoms with E-state index in [1.54, 1.807) is 36.4 Å². The van der Waals surface area contributed by atoms with Gasteiger partial charge in [0.2, 0.25) is 6.04 Å². The number of azo groups is 2. The molecule has 0 amide bonds. The molecule has 0 bridgehead atoms. The fourth-order valence-electron chi connectivity index (χ4n) is 1.40. The lowest BCUT2D eigenvalue weighted by Crippen LogP contribution is -1.92. The number of rotatable bonds is 4. The van der Waals surface area contributed by atoms with Gasteiger partial charge in [0.1, 0.15) is 12.1 Å². The molecular weight excluding hydrogens is 264 g/mol. The van der Waals surface area contributed by atoms with Crippen molar-refractivity contribution in [3.05, 3.63) is 54.6 Å². The van der Waals surface area contributed by atoms with Gasteiger partial charge in [0.15, 0.2) is 0 Å². The molecule has 100 valence electrons. The highest BCUT2D eigenvalue weighted by Gasteiger charge is 2.00. The molecule has 0 spiro atoms. The second-order valence-corrected chi connectivity index (χ2v) is 3.93. The molecule has 0 aromatic heterocycles. The first kappa shape index (κ1) is 14.0. The molecule has 2 aromatic rings. The topological polar surface area (TPSA) is 97.0 Å². The zero-order valence-corrected chi connectivity index (χ0v) is 11.0. The molecule has 6 nitrogen and oxygen atoms in total. The van der Waals surface area contributed by atoms with Gasteiger partial charge >= 0.3 is 0 Å². The lowest BCUT2D eigenvalue weighted by molar-refractivity contribution is 0.949. The Bertz CT molecular complexity index is 705. The molecule has 0 aliphatic carbocycles. The minimum Gasteiger partial charge on any atom is -0.195 e. The largest absolute Gasteiger partial charge is 0.242 e. The Morgan fingerprint density at radius 3 is 1.67 bits per heavy atom. The van der Waals surface area contributed by atoms with E-state index in [4.69, 9.17) is 10.5 Å². The Hall–Kier alpha value is -3.38. The van der Waals surface area contributed by atoms with Crippen molar-refractivity contribution in [3.63, 3.8) is 0 Å². The molecule has 0 aliphatic heterocycles. The quantitative estimate of drug-likeness (QED) is 0.761. The van der Waals surface area contributed by atoms with Crippen LogP contribution < -0.4 is 0 Å². The average Bonchev–Trinajstić information content (AvgIpc) is 2.56. The van der Waals surface area contributed by atoms with Gasteiger partial charge in [0.25, 0.3) is 0 Å². The summed E-state index contributed by atoms with van der Waals surface area (Å²) in [6.07, 6.45) is 0. The Morgan fingerprint density at radius 1 is 0.667 bits per heavy atom. The second-order valence-electron chi connectivity index (χ2n) is 3.93. The van der Waals surface area contributed by atoms with E-state index in [9.17, 15) is 0 Å². The van der Waals surface area contributed by atoms with Crippen LogP contribution in [0.4, 0.5) is 17.1 Å². The summed E-state index contributed by atoms with van der Waals surface area (Å²) in [6, 6.07) is 18.6. The maximum Gasteiger partial charge on any atom is 0.242 e. The van der Waals surface area contributed by atoms with E-state index in [0.29, 0.717) is 11.4 Å². The van der Waals surface area contributed by atoms with E-state index in [1.165, 1.54) is 0 Å². The van der Waals surface area contributed by atoms with Crippen LogP contribution in [0.3, 0.4) is 0 Å². The molecule has 2 aromatic carbocycles. The molecular formula is C15H10N6. The number of nitrogens with zero attached hydrogens (tertiary/aromatic N) is 6. The second kappa shape index (κ2) is 7.27.